The van der Waals surface area contributed by atoms with E-state index in [9.17, 15) is 4.79 Å². The minimum atomic E-state index is 0.0439. The van der Waals surface area contributed by atoms with Crippen molar-refractivity contribution in [3.8, 4) is 0 Å². The number of hydrogen-bond acceptors (Lipinski definition) is 3. The largest absolute Gasteiger partial charge is 0.311 e. The Morgan fingerprint density at radius 1 is 1.50 bits per heavy atom. The van der Waals surface area contributed by atoms with Crippen LogP contribution in [0.15, 0.2) is 11.0 Å². The molecule has 1 aliphatic heterocycles. The Morgan fingerprint density at radius 2 is 2.19 bits per heavy atom. The second-order valence-electron chi connectivity index (χ2n) is 4.46. The Hall–Kier alpha value is -1.16. The van der Waals surface area contributed by atoms with E-state index in [1.165, 1.54) is 0 Å². The molecule has 1 N–H and O–H groups in total. The number of piperidine rings is 1. The van der Waals surface area contributed by atoms with Crippen LogP contribution in [0.2, 0.25) is 0 Å². The molecule has 16 heavy (non-hydrogen) atoms. The van der Waals surface area contributed by atoms with Gasteiger partial charge in [-0.15, -0.1) is 0 Å². The normalized spacial score (nSPS) is 18.9. The molecule has 0 bridgehead atoms. The van der Waals surface area contributed by atoms with Gasteiger partial charge in [-0.25, -0.2) is 4.98 Å². The van der Waals surface area contributed by atoms with E-state index >= 15 is 0 Å². The maximum absolute atomic E-state index is 11.8. The second kappa shape index (κ2) is 4.78. The van der Waals surface area contributed by atoms with Crippen LogP contribution in [-0.4, -0.2) is 34.5 Å². The lowest BCUT2D eigenvalue weighted by Gasteiger charge is -2.30. The number of aromatic nitrogens is 2. The summed E-state index contributed by atoms with van der Waals surface area (Å²) in [4.78, 5) is 21.2. The van der Waals surface area contributed by atoms with Crippen LogP contribution in [0.25, 0.3) is 0 Å². The summed E-state index contributed by atoms with van der Waals surface area (Å²) < 4.78 is 0. The molecule has 0 aromatic carbocycles. The maximum atomic E-state index is 11.8. The first-order valence-electron chi connectivity index (χ1n) is 5.99. The zero-order valence-electron chi connectivity index (χ0n) is 9.99. The summed E-state index contributed by atoms with van der Waals surface area (Å²) in [5.74, 6) is 1.08. The minimum Gasteiger partial charge on any atom is -0.311 e. The van der Waals surface area contributed by atoms with Crippen LogP contribution in [0.1, 0.15) is 37.1 Å². The van der Waals surface area contributed by atoms with Gasteiger partial charge in [-0.1, -0.05) is 6.92 Å². The summed E-state index contributed by atoms with van der Waals surface area (Å²) in [6, 6.07) is 0. The highest BCUT2D eigenvalue weighted by Crippen LogP contribution is 2.24. The van der Waals surface area contributed by atoms with Gasteiger partial charge in [0.05, 0.1) is 0 Å². The highest BCUT2D eigenvalue weighted by molar-refractivity contribution is 5.13. The lowest BCUT2D eigenvalue weighted by Crippen LogP contribution is -2.34. The summed E-state index contributed by atoms with van der Waals surface area (Å²) in [5, 5.41) is 0. The van der Waals surface area contributed by atoms with Crippen LogP contribution in [0, 0.1) is 6.92 Å². The number of likely N-dealkylation sites (tertiary alicyclic amines) is 1. The average Bonchev–Trinajstić information content (AvgIpc) is 2.29. The third kappa shape index (κ3) is 2.32. The van der Waals surface area contributed by atoms with Crippen LogP contribution in [0.4, 0.5) is 0 Å². The Kier molecular flexibility index (Phi) is 3.39. The standard InChI is InChI=1S/C12H19N3O/c1-3-15-6-4-10(5-7-15)11-8-13-9(2)14-12(11)16/h8,10H,3-7H2,1-2H3,(H,13,14,16). The highest BCUT2D eigenvalue weighted by atomic mass is 16.1. The van der Waals surface area contributed by atoms with Crippen molar-refractivity contribution in [3.05, 3.63) is 27.9 Å². The molecule has 1 saturated heterocycles. The Balaban J connectivity index is 2.11. The predicted octanol–water partition coefficient (Wildman–Crippen LogP) is 1.28. The molecule has 4 nitrogen and oxygen atoms in total. The van der Waals surface area contributed by atoms with E-state index in [0.29, 0.717) is 11.7 Å². The van der Waals surface area contributed by atoms with Crippen molar-refractivity contribution in [3.63, 3.8) is 0 Å². The van der Waals surface area contributed by atoms with Crippen LogP contribution in [0.5, 0.6) is 0 Å². The third-order valence-corrected chi connectivity index (χ3v) is 3.43. The van der Waals surface area contributed by atoms with E-state index in [2.05, 4.69) is 21.8 Å². The molecule has 1 aromatic heterocycles. The molecule has 0 atom stereocenters. The van der Waals surface area contributed by atoms with Gasteiger partial charge in [0, 0.05) is 11.8 Å². The SMILES string of the molecule is CCN1CCC(c2cnc(C)[nH]c2=O)CC1. The van der Waals surface area contributed by atoms with E-state index in [-0.39, 0.29) is 5.56 Å². The minimum absolute atomic E-state index is 0.0439. The van der Waals surface area contributed by atoms with E-state index < -0.39 is 0 Å². The summed E-state index contributed by atoms with van der Waals surface area (Å²) >= 11 is 0. The second-order valence-corrected chi connectivity index (χ2v) is 4.46. The van der Waals surface area contributed by atoms with E-state index in [1.807, 2.05) is 6.92 Å². The van der Waals surface area contributed by atoms with Gasteiger partial charge in [0.1, 0.15) is 5.82 Å². The molecule has 1 aliphatic rings. The number of aromatic amines is 1. The van der Waals surface area contributed by atoms with Crippen molar-refractivity contribution >= 4 is 0 Å². The molecule has 0 radical (unpaired) electrons. The molecule has 0 spiro atoms. The third-order valence-electron chi connectivity index (χ3n) is 3.43. The van der Waals surface area contributed by atoms with Crippen molar-refractivity contribution in [2.24, 2.45) is 0 Å². The van der Waals surface area contributed by atoms with Crippen LogP contribution in [-0.2, 0) is 0 Å². The van der Waals surface area contributed by atoms with E-state index in [0.717, 1.165) is 38.0 Å². The van der Waals surface area contributed by atoms with Crippen molar-refractivity contribution in [1.29, 1.82) is 0 Å². The number of H-pyrrole nitrogens is 1. The lowest BCUT2D eigenvalue weighted by molar-refractivity contribution is 0.221. The lowest BCUT2D eigenvalue weighted by atomic mass is 9.91. The van der Waals surface area contributed by atoms with Gasteiger partial charge >= 0.3 is 0 Å². The van der Waals surface area contributed by atoms with Gasteiger partial charge in [0.2, 0.25) is 0 Å². The molecule has 0 aliphatic carbocycles. The zero-order valence-corrected chi connectivity index (χ0v) is 9.99. The first kappa shape index (κ1) is 11.3. The van der Waals surface area contributed by atoms with Gasteiger partial charge in [-0.2, -0.15) is 0 Å². The van der Waals surface area contributed by atoms with Crippen molar-refractivity contribution in [2.45, 2.75) is 32.6 Å². The summed E-state index contributed by atoms with van der Waals surface area (Å²) in [7, 11) is 0. The van der Waals surface area contributed by atoms with Gasteiger partial charge < -0.3 is 9.88 Å². The summed E-state index contributed by atoms with van der Waals surface area (Å²) in [5.41, 5.74) is 0.906. The number of nitrogens with one attached hydrogen (secondary N) is 1. The van der Waals surface area contributed by atoms with Crippen molar-refractivity contribution < 1.29 is 0 Å². The molecule has 4 heteroatoms. The van der Waals surface area contributed by atoms with Crippen LogP contribution >= 0.6 is 0 Å². The van der Waals surface area contributed by atoms with Gasteiger partial charge in [0.15, 0.2) is 0 Å². The number of aryl methyl sites for hydroxylation is 1. The Bertz CT molecular complexity index is 405. The highest BCUT2D eigenvalue weighted by Gasteiger charge is 2.21. The predicted molar refractivity (Wildman–Crippen MR) is 63.7 cm³/mol. The fourth-order valence-electron chi connectivity index (χ4n) is 2.34. The molecule has 88 valence electrons. The smallest absolute Gasteiger partial charge is 0.254 e. The molecule has 1 aromatic rings. The molecule has 0 unspecified atom stereocenters. The van der Waals surface area contributed by atoms with Crippen LogP contribution in [0.3, 0.4) is 0 Å². The van der Waals surface area contributed by atoms with Gasteiger partial charge in [-0.05, 0) is 45.3 Å². The van der Waals surface area contributed by atoms with Gasteiger partial charge in [-0.3, -0.25) is 4.79 Å². The zero-order chi connectivity index (χ0) is 11.5. The van der Waals surface area contributed by atoms with E-state index in [4.69, 9.17) is 0 Å². The van der Waals surface area contributed by atoms with Crippen LogP contribution < -0.4 is 5.56 Å². The fourth-order valence-corrected chi connectivity index (χ4v) is 2.34. The van der Waals surface area contributed by atoms with Crippen molar-refractivity contribution in [2.75, 3.05) is 19.6 Å². The molecular weight excluding hydrogens is 202 g/mol. The summed E-state index contributed by atoms with van der Waals surface area (Å²) in [6.45, 7) is 7.28. The molecule has 1 fully saturated rings. The van der Waals surface area contributed by atoms with Crippen molar-refractivity contribution in [1.82, 2.24) is 14.9 Å². The molecule has 2 rings (SSSR count). The molecular formula is C12H19N3O. The first-order valence-corrected chi connectivity index (χ1v) is 5.99. The first-order chi connectivity index (χ1) is 7.70. The number of nitrogens with zero attached hydrogens (tertiary/aromatic N) is 2. The average molecular weight is 221 g/mol. The molecule has 0 saturated carbocycles. The quantitative estimate of drug-likeness (QED) is 0.818. The van der Waals surface area contributed by atoms with Gasteiger partial charge in [0.25, 0.3) is 5.56 Å². The number of rotatable bonds is 2. The Morgan fingerprint density at radius 3 is 2.75 bits per heavy atom. The number of hydrogen-bond donors (Lipinski definition) is 1. The van der Waals surface area contributed by atoms with E-state index in [1.54, 1.807) is 6.20 Å². The Labute approximate surface area is 95.7 Å². The summed E-state index contributed by atoms with van der Waals surface area (Å²) in [6.07, 6.45) is 3.89. The topological polar surface area (TPSA) is 49.0 Å². The molecule has 0 amide bonds. The fraction of sp³-hybridized carbons (Fsp3) is 0.667. The maximum Gasteiger partial charge on any atom is 0.254 e. The molecule has 2 heterocycles. The monoisotopic (exact) mass is 221 g/mol.